The van der Waals surface area contributed by atoms with Crippen molar-refractivity contribution in [3.63, 3.8) is 0 Å². The number of quaternary nitrogens is 1. The van der Waals surface area contributed by atoms with Crippen molar-refractivity contribution in [3.8, 4) is 0 Å². The molecule has 6 N–H and O–H groups in total. The van der Waals surface area contributed by atoms with Crippen LogP contribution in [0.4, 0.5) is 0 Å². The number of nitrogens with two attached hydrogens (primary N) is 1. The van der Waals surface area contributed by atoms with Gasteiger partial charge in [0.1, 0.15) is 0 Å². The maximum atomic E-state index is 11.2. The molecule has 0 radical (unpaired) electrons. The Balaban J connectivity index is 2.70. The van der Waals surface area contributed by atoms with E-state index in [-0.39, 0.29) is 6.04 Å². The van der Waals surface area contributed by atoms with Crippen molar-refractivity contribution in [2.45, 2.75) is 56.5 Å². The highest BCUT2D eigenvalue weighted by Gasteiger charge is 2.48. The monoisotopic (exact) mass is 302 g/mol. The fraction of sp³-hybridized carbons (Fsp3) is 1.00. The van der Waals surface area contributed by atoms with Gasteiger partial charge in [0.15, 0.2) is 0 Å². The molecule has 0 bridgehead atoms. The van der Waals surface area contributed by atoms with Gasteiger partial charge < -0.3 is 24.9 Å². The molecule has 0 amide bonds. The molecule has 1 aliphatic rings. The van der Waals surface area contributed by atoms with E-state index < -0.39 is 20.7 Å². The summed E-state index contributed by atoms with van der Waals surface area (Å²) in [6.45, 7) is 0. The van der Waals surface area contributed by atoms with E-state index in [1.54, 1.807) is 0 Å². The maximum Gasteiger partial charge on any atom is 0.395 e. The maximum absolute atomic E-state index is 11.2. The van der Waals surface area contributed by atoms with Crippen molar-refractivity contribution < 1.29 is 34.0 Å². The molecule has 0 aliphatic heterocycles. The van der Waals surface area contributed by atoms with Crippen LogP contribution in [0.15, 0.2) is 0 Å². The molecule has 0 aromatic heterocycles. The number of rotatable bonds is 4. The van der Waals surface area contributed by atoms with E-state index in [2.05, 4.69) is 0 Å². The quantitative estimate of drug-likeness (QED) is 0.475. The Morgan fingerprint density at radius 2 is 1.22 bits per heavy atom. The van der Waals surface area contributed by atoms with E-state index in [0.29, 0.717) is 0 Å². The first kappa shape index (κ1) is 16.3. The first-order valence-electron chi connectivity index (χ1n) is 6.16. The topological polar surface area (TPSA) is 132 Å². The summed E-state index contributed by atoms with van der Waals surface area (Å²) in [6, 6.07) is -0.115. The molecular weight excluding hydrogens is 280 g/mol. The summed E-state index contributed by atoms with van der Waals surface area (Å²) in [7, 11) is -9.62. The van der Waals surface area contributed by atoms with E-state index in [1.165, 1.54) is 5.32 Å². The Labute approximate surface area is 106 Å². The fourth-order valence-electron chi connectivity index (χ4n) is 2.34. The lowest BCUT2D eigenvalue weighted by Gasteiger charge is -2.24. The van der Waals surface area contributed by atoms with Crippen LogP contribution in [0.3, 0.4) is 0 Å². The summed E-state index contributed by atoms with van der Waals surface area (Å²) in [5.41, 5.74) is -1.95. The summed E-state index contributed by atoms with van der Waals surface area (Å²) in [4.78, 5) is 36.2. The molecule has 0 aromatic rings. The highest BCUT2D eigenvalue weighted by molar-refractivity contribution is 7.70. The van der Waals surface area contributed by atoms with Gasteiger partial charge in [0.05, 0.1) is 6.04 Å². The van der Waals surface area contributed by atoms with Gasteiger partial charge in [-0.05, 0) is 25.7 Å². The van der Waals surface area contributed by atoms with Gasteiger partial charge in [-0.2, -0.15) is 0 Å². The largest absolute Gasteiger partial charge is 0.395 e. The van der Waals surface area contributed by atoms with Gasteiger partial charge >= 0.3 is 15.2 Å². The molecule has 7 nitrogen and oxygen atoms in total. The van der Waals surface area contributed by atoms with Gasteiger partial charge in [-0.1, -0.05) is 19.3 Å². The highest BCUT2D eigenvalue weighted by Crippen LogP contribution is 2.56. The van der Waals surface area contributed by atoms with Crippen molar-refractivity contribution in [3.05, 3.63) is 0 Å². The first-order valence-corrected chi connectivity index (χ1v) is 9.53. The lowest BCUT2D eigenvalue weighted by molar-refractivity contribution is -0.692. The van der Waals surface area contributed by atoms with Crippen molar-refractivity contribution in [1.82, 2.24) is 0 Å². The Morgan fingerprint density at radius 3 is 1.61 bits per heavy atom. The van der Waals surface area contributed by atoms with E-state index in [9.17, 15) is 9.13 Å². The molecule has 1 rings (SSSR count). The molecule has 0 saturated heterocycles. The van der Waals surface area contributed by atoms with Gasteiger partial charge in [-0.3, -0.25) is 9.13 Å². The third-order valence-electron chi connectivity index (χ3n) is 3.28. The molecule has 1 aliphatic carbocycles. The van der Waals surface area contributed by atoms with E-state index >= 15 is 0 Å². The summed E-state index contributed by atoms with van der Waals surface area (Å²) in [6.07, 6.45) is 6.67. The van der Waals surface area contributed by atoms with Crippen LogP contribution >= 0.6 is 15.2 Å². The predicted molar refractivity (Wildman–Crippen MR) is 65.9 cm³/mol. The van der Waals surface area contributed by atoms with Gasteiger partial charge in [-0.15, -0.1) is 0 Å². The Bertz CT molecular complexity index is 321. The standard InChI is InChI=1S/C9H21NO6P2/c11-17(12,13)9(18(14,15)16)10-8-6-4-2-1-3-5-7-8/h8-10H,1-7H2,(H2,11,12,13)(H2,14,15,16)/p+1. The second-order valence-electron chi connectivity index (χ2n) is 4.89. The molecule has 0 spiro atoms. The van der Waals surface area contributed by atoms with E-state index in [0.717, 1.165) is 44.9 Å². The van der Waals surface area contributed by atoms with Crippen LogP contribution < -0.4 is 5.32 Å². The Kier molecular flexibility index (Phi) is 6.00. The second-order valence-corrected chi connectivity index (χ2v) is 8.77. The average molecular weight is 302 g/mol. The van der Waals surface area contributed by atoms with Crippen molar-refractivity contribution in [1.29, 1.82) is 0 Å². The zero-order valence-corrected chi connectivity index (χ0v) is 12.0. The second kappa shape index (κ2) is 6.62. The van der Waals surface area contributed by atoms with Crippen molar-refractivity contribution >= 4 is 15.2 Å². The molecule has 1 fully saturated rings. The molecule has 9 heteroatoms. The lowest BCUT2D eigenvalue weighted by Crippen LogP contribution is -2.94. The van der Waals surface area contributed by atoms with Gasteiger partial charge in [0.25, 0.3) is 5.52 Å². The van der Waals surface area contributed by atoms with Crippen LogP contribution in [0.2, 0.25) is 0 Å². The molecule has 0 heterocycles. The minimum absolute atomic E-state index is 0.115. The van der Waals surface area contributed by atoms with Crippen LogP contribution in [0.5, 0.6) is 0 Å². The molecule has 18 heavy (non-hydrogen) atoms. The molecular formula is C9H22NO6P2+. The third-order valence-corrected chi connectivity index (χ3v) is 6.81. The van der Waals surface area contributed by atoms with Crippen LogP contribution in [0, 0.1) is 0 Å². The Hall–Kier alpha value is 0.260. The van der Waals surface area contributed by atoms with Gasteiger partial charge in [0, 0.05) is 0 Å². The van der Waals surface area contributed by atoms with Crippen molar-refractivity contribution in [2.24, 2.45) is 0 Å². The third kappa shape index (κ3) is 5.49. The molecule has 108 valence electrons. The van der Waals surface area contributed by atoms with Crippen LogP contribution in [-0.2, 0) is 9.13 Å². The number of hydrogen-bond donors (Lipinski definition) is 5. The minimum Gasteiger partial charge on any atom is -0.321 e. The summed E-state index contributed by atoms with van der Waals surface area (Å²) in [5.74, 6) is 0. The zero-order chi connectivity index (χ0) is 13.8. The Morgan fingerprint density at radius 1 is 0.833 bits per heavy atom. The highest BCUT2D eigenvalue weighted by atomic mass is 31.2. The predicted octanol–water partition coefficient (Wildman–Crippen LogP) is 0.302. The normalized spacial score (nSPS) is 20.7. The van der Waals surface area contributed by atoms with Crippen LogP contribution in [0.25, 0.3) is 0 Å². The summed E-state index contributed by atoms with van der Waals surface area (Å²) < 4.78 is 22.4. The molecule has 1 saturated carbocycles. The molecule has 0 atom stereocenters. The average Bonchev–Trinajstić information content (AvgIpc) is 2.11. The fourth-order valence-corrected chi connectivity index (χ4v) is 4.85. The van der Waals surface area contributed by atoms with Crippen LogP contribution in [0.1, 0.15) is 44.9 Å². The molecule has 0 unspecified atom stereocenters. The molecule has 0 aromatic carbocycles. The van der Waals surface area contributed by atoms with Gasteiger partial charge in [-0.25, -0.2) is 0 Å². The minimum atomic E-state index is -4.81. The zero-order valence-electron chi connectivity index (χ0n) is 10.2. The van der Waals surface area contributed by atoms with Crippen molar-refractivity contribution in [2.75, 3.05) is 0 Å². The van der Waals surface area contributed by atoms with Crippen LogP contribution in [-0.4, -0.2) is 31.1 Å². The summed E-state index contributed by atoms with van der Waals surface area (Å²) in [5, 5.41) is 1.20. The lowest BCUT2D eigenvalue weighted by atomic mass is 9.97. The SMILES string of the molecule is O=P(O)(O)C([NH2+]C1CCCCCCC1)P(=O)(O)O. The smallest absolute Gasteiger partial charge is 0.321 e. The first-order chi connectivity index (χ1) is 8.21. The van der Waals surface area contributed by atoms with E-state index in [4.69, 9.17) is 19.6 Å². The van der Waals surface area contributed by atoms with E-state index in [1.807, 2.05) is 0 Å². The van der Waals surface area contributed by atoms with Gasteiger partial charge in [0.2, 0.25) is 0 Å². The summed E-state index contributed by atoms with van der Waals surface area (Å²) >= 11 is 0. The number of hydrogen-bond acceptors (Lipinski definition) is 2.